The van der Waals surface area contributed by atoms with E-state index >= 15 is 0 Å². The molecule has 0 aliphatic carbocycles. The maximum atomic E-state index is 13.0. The van der Waals surface area contributed by atoms with Crippen LogP contribution < -0.4 is 20.4 Å². The van der Waals surface area contributed by atoms with Gasteiger partial charge in [0.05, 0.1) is 25.4 Å². The Morgan fingerprint density at radius 2 is 1.71 bits per heavy atom. The number of benzene rings is 2. The molecule has 2 aromatic carbocycles. The molecule has 3 aliphatic rings. The van der Waals surface area contributed by atoms with Gasteiger partial charge in [-0.05, 0) is 65.8 Å². The number of carbonyl (C=O) groups is 2. The quantitative estimate of drug-likeness (QED) is 0.298. The molecule has 14 heteroatoms. The molecule has 0 unspecified atom stereocenters. The Morgan fingerprint density at radius 1 is 0.980 bits per heavy atom. The lowest BCUT2D eigenvalue weighted by molar-refractivity contribution is -0.143. The van der Waals surface area contributed by atoms with Crippen LogP contribution >= 0.6 is 0 Å². The van der Waals surface area contributed by atoms with Crippen molar-refractivity contribution in [2.75, 3.05) is 67.6 Å². The number of aliphatic hydroxyl groups excluding tert-OH is 1. The van der Waals surface area contributed by atoms with Gasteiger partial charge in [0.1, 0.15) is 18.2 Å². The van der Waals surface area contributed by atoms with Crippen LogP contribution in [0.5, 0.6) is 0 Å². The molecule has 4 heterocycles. The van der Waals surface area contributed by atoms with Crippen LogP contribution in [-0.4, -0.2) is 97.9 Å². The van der Waals surface area contributed by atoms with Gasteiger partial charge in [-0.25, -0.2) is 14.6 Å². The smallest absolute Gasteiger partial charge is 0.407 e. The highest BCUT2D eigenvalue weighted by Crippen LogP contribution is 2.34. The van der Waals surface area contributed by atoms with Crippen molar-refractivity contribution in [1.82, 2.24) is 15.2 Å². The van der Waals surface area contributed by atoms with Gasteiger partial charge in [0.25, 0.3) is 0 Å². The molecule has 1 aromatic heterocycles. The van der Waals surface area contributed by atoms with E-state index in [-0.39, 0.29) is 26.2 Å². The Balaban J connectivity index is 1.19. The lowest BCUT2D eigenvalue weighted by Gasteiger charge is -2.29. The van der Waals surface area contributed by atoms with Crippen molar-refractivity contribution < 1.29 is 37.3 Å². The number of ether oxygens (including phenoxy) is 2. The third-order valence-electron chi connectivity index (χ3n) is 9.16. The zero-order chi connectivity index (χ0) is 34.5. The molecule has 11 nitrogen and oxygen atoms in total. The van der Waals surface area contributed by atoms with Gasteiger partial charge in [-0.1, -0.05) is 36.4 Å². The number of hydrogen-bond acceptors (Lipinski definition) is 8. The molecular formula is C35H41F3N6O5. The highest BCUT2D eigenvalue weighted by Gasteiger charge is 2.37. The first-order chi connectivity index (χ1) is 23.5. The van der Waals surface area contributed by atoms with Crippen molar-refractivity contribution in [2.45, 2.75) is 44.7 Å². The summed E-state index contributed by atoms with van der Waals surface area (Å²) in [7, 11) is 0. The number of rotatable bonds is 8. The van der Waals surface area contributed by atoms with E-state index < -0.39 is 42.8 Å². The molecule has 3 N–H and O–H groups in total. The molecule has 6 rings (SSSR count). The zero-order valence-electron chi connectivity index (χ0n) is 27.3. The van der Waals surface area contributed by atoms with Crippen LogP contribution in [0.2, 0.25) is 0 Å². The summed E-state index contributed by atoms with van der Waals surface area (Å²) in [6.07, 6.45) is -6.32. The standard InChI is InChI=1S/C35H41F3N6O5/c1-23-7-8-27(39-33(46)43-10-9-25(19-43)18-35(36,37)38)17-28(23)26-15-31(42-11-13-48-14-12-42)41-32(16-26)44-20-29(30(45)21-44)40-34(47)49-22-24-5-3-2-4-6-24/h2-8,15-17,25,29-30,45H,9-14,18-22H2,1H3,(H,39,46)(H,40,47)/t25-,29-,30-/m0/s1. The number of alkyl halides is 3. The van der Waals surface area contributed by atoms with E-state index in [4.69, 9.17) is 14.5 Å². The summed E-state index contributed by atoms with van der Waals surface area (Å²) in [4.78, 5) is 36.1. The van der Waals surface area contributed by atoms with Crippen molar-refractivity contribution in [1.29, 1.82) is 0 Å². The normalized spacial score (nSPS) is 21.2. The van der Waals surface area contributed by atoms with Crippen molar-refractivity contribution in [3.8, 4) is 11.1 Å². The lowest BCUT2D eigenvalue weighted by atomic mass is 10.00. The predicted octanol–water partition coefficient (Wildman–Crippen LogP) is 5.18. The van der Waals surface area contributed by atoms with E-state index in [9.17, 15) is 27.9 Å². The molecule has 0 saturated carbocycles. The first-order valence-corrected chi connectivity index (χ1v) is 16.5. The molecule has 3 saturated heterocycles. The monoisotopic (exact) mass is 682 g/mol. The second-order valence-corrected chi connectivity index (χ2v) is 12.8. The van der Waals surface area contributed by atoms with Crippen LogP contribution in [0, 0.1) is 12.8 Å². The average molecular weight is 683 g/mol. The van der Waals surface area contributed by atoms with Crippen molar-refractivity contribution in [3.05, 3.63) is 71.8 Å². The number of aromatic nitrogens is 1. The van der Waals surface area contributed by atoms with Crippen LogP contribution in [-0.2, 0) is 16.1 Å². The van der Waals surface area contributed by atoms with Gasteiger partial charge in [0, 0.05) is 51.4 Å². The topological polar surface area (TPSA) is 120 Å². The van der Waals surface area contributed by atoms with Crippen LogP contribution in [0.25, 0.3) is 11.1 Å². The van der Waals surface area contributed by atoms with Crippen LogP contribution in [0.1, 0.15) is 24.0 Å². The van der Waals surface area contributed by atoms with Gasteiger partial charge < -0.3 is 39.9 Å². The molecule has 0 radical (unpaired) electrons. The number of amides is 3. The first kappa shape index (κ1) is 34.3. The van der Waals surface area contributed by atoms with E-state index in [1.54, 1.807) is 6.07 Å². The Morgan fingerprint density at radius 3 is 2.45 bits per heavy atom. The highest BCUT2D eigenvalue weighted by molar-refractivity contribution is 5.91. The van der Waals surface area contributed by atoms with Gasteiger partial charge in [0.2, 0.25) is 0 Å². The summed E-state index contributed by atoms with van der Waals surface area (Å²) in [6, 6.07) is 17.7. The van der Waals surface area contributed by atoms with Gasteiger partial charge in [-0.2, -0.15) is 13.2 Å². The number of halogens is 3. The fraction of sp³-hybridized carbons (Fsp3) is 0.457. The Bertz CT molecular complexity index is 1620. The Kier molecular flexibility index (Phi) is 10.4. The Labute approximate surface area is 283 Å². The number of aliphatic hydroxyl groups is 1. The van der Waals surface area contributed by atoms with E-state index in [2.05, 4.69) is 15.5 Å². The molecule has 262 valence electrons. The number of β-amino-alcohol motifs (C(OH)–C–C–N with tert-alkyl or cyclic N) is 1. The molecule has 3 aromatic rings. The van der Waals surface area contributed by atoms with E-state index in [0.29, 0.717) is 50.8 Å². The van der Waals surface area contributed by atoms with Crippen molar-refractivity contribution in [3.63, 3.8) is 0 Å². The lowest BCUT2D eigenvalue weighted by Crippen LogP contribution is -2.43. The van der Waals surface area contributed by atoms with Crippen LogP contribution in [0.3, 0.4) is 0 Å². The zero-order valence-corrected chi connectivity index (χ0v) is 27.3. The number of hydrogen-bond donors (Lipinski definition) is 3. The summed E-state index contributed by atoms with van der Waals surface area (Å²) in [5.41, 5.74) is 3.99. The minimum atomic E-state index is -4.26. The number of pyridine rings is 1. The summed E-state index contributed by atoms with van der Waals surface area (Å²) in [5.74, 6) is 0.735. The molecular weight excluding hydrogens is 641 g/mol. The molecule has 3 atom stereocenters. The number of urea groups is 1. The van der Waals surface area contributed by atoms with E-state index in [1.807, 2.05) is 66.4 Å². The number of nitrogens with zero attached hydrogens (tertiary/aromatic N) is 4. The van der Waals surface area contributed by atoms with E-state index in [1.165, 1.54) is 4.90 Å². The number of carbonyl (C=O) groups excluding carboxylic acids is 2. The number of alkyl carbamates (subject to hydrolysis) is 1. The molecule has 3 fully saturated rings. The van der Waals surface area contributed by atoms with Gasteiger partial charge in [0.15, 0.2) is 0 Å². The fourth-order valence-electron chi connectivity index (χ4n) is 6.53. The number of anilines is 3. The predicted molar refractivity (Wildman–Crippen MR) is 179 cm³/mol. The summed E-state index contributed by atoms with van der Waals surface area (Å²) < 4.78 is 49.6. The largest absolute Gasteiger partial charge is 0.445 e. The highest BCUT2D eigenvalue weighted by atomic mass is 19.4. The van der Waals surface area contributed by atoms with Crippen molar-refractivity contribution in [2.24, 2.45) is 5.92 Å². The average Bonchev–Trinajstić information content (AvgIpc) is 3.70. The van der Waals surface area contributed by atoms with Gasteiger partial charge in [-0.3, -0.25) is 0 Å². The van der Waals surface area contributed by atoms with E-state index in [0.717, 1.165) is 28.1 Å². The Hall–Kier alpha value is -4.56. The van der Waals surface area contributed by atoms with Crippen molar-refractivity contribution >= 4 is 29.4 Å². The second kappa shape index (κ2) is 14.9. The number of nitrogens with one attached hydrogen (secondary N) is 2. The second-order valence-electron chi connectivity index (χ2n) is 12.8. The number of aryl methyl sites for hydroxylation is 1. The minimum Gasteiger partial charge on any atom is -0.445 e. The number of likely N-dealkylation sites (tertiary alicyclic amines) is 1. The molecule has 0 bridgehead atoms. The first-order valence-electron chi connectivity index (χ1n) is 16.5. The minimum absolute atomic E-state index is 0.0585. The molecule has 49 heavy (non-hydrogen) atoms. The molecule has 3 aliphatic heterocycles. The summed E-state index contributed by atoms with van der Waals surface area (Å²) >= 11 is 0. The van der Waals surface area contributed by atoms with Crippen LogP contribution in [0.4, 0.5) is 40.1 Å². The summed E-state index contributed by atoms with van der Waals surface area (Å²) in [5, 5.41) is 16.6. The maximum Gasteiger partial charge on any atom is 0.407 e. The molecule has 3 amide bonds. The fourth-order valence-corrected chi connectivity index (χ4v) is 6.53. The SMILES string of the molecule is Cc1ccc(NC(=O)N2CC[C@@H](CC(F)(F)F)C2)cc1-c1cc(N2CCOCC2)nc(N2C[C@H](NC(=O)OCc3ccccc3)[C@@H](O)C2)c1. The summed E-state index contributed by atoms with van der Waals surface area (Å²) in [6.45, 7) is 5.35. The third-order valence-corrected chi connectivity index (χ3v) is 9.16. The molecule has 0 spiro atoms. The van der Waals surface area contributed by atoms with Gasteiger partial charge >= 0.3 is 18.3 Å². The third kappa shape index (κ3) is 8.92. The number of morpholine rings is 1. The maximum absolute atomic E-state index is 13.0. The van der Waals surface area contributed by atoms with Crippen LogP contribution in [0.15, 0.2) is 60.7 Å². The van der Waals surface area contributed by atoms with Gasteiger partial charge in [-0.15, -0.1) is 0 Å².